The molecule has 10 heteroatoms. The van der Waals surface area contributed by atoms with E-state index >= 15 is 0 Å². The van der Waals surface area contributed by atoms with Gasteiger partial charge in [0, 0.05) is 30.8 Å². The first kappa shape index (κ1) is 20.7. The van der Waals surface area contributed by atoms with Crippen LogP contribution in [0.3, 0.4) is 0 Å². The second kappa shape index (κ2) is 7.61. The van der Waals surface area contributed by atoms with Gasteiger partial charge in [-0.2, -0.15) is 13.9 Å². The van der Waals surface area contributed by atoms with Crippen LogP contribution in [-0.2, 0) is 20.7 Å². The molecule has 0 unspecified atom stereocenters. The van der Waals surface area contributed by atoms with Gasteiger partial charge in [-0.05, 0) is 37.0 Å². The van der Waals surface area contributed by atoms with Crippen LogP contribution in [0.1, 0.15) is 42.1 Å². The summed E-state index contributed by atoms with van der Waals surface area (Å²) in [5.41, 5.74) is 1.66. The van der Waals surface area contributed by atoms with Gasteiger partial charge in [0.2, 0.25) is 5.91 Å². The van der Waals surface area contributed by atoms with Crippen LogP contribution in [0.5, 0.6) is 0 Å². The minimum atomic E-state index is -2.77. The van der Waals surface area contributed by atoms with E-state index < -0.39 is 24.0 Å². The first-order chi connectivity index (χ1) is 14.3. The van der Waals surface area contributed by atoms with Crippen molar-refractivity contribution in [1.29, 1.82) is 0 Å². The van der Waals surface area contributed by atoms with E-state index in [1.807, 2.05) is 13.0 Å². The van der Waals surface area contributed by atoms with E-state index in [4.69, 9.17) is 16.3 Å². The summed E-state index contributed by atoms with van der Waals surface area (Å²) in [7, 11) is 1.25. The lowest BCUT2D eigenvalue weighted by Gasteiger charge is -2.26. The lowest BCUT2D eigenvalue weighted by molar-refractivity contribution is -0.152. The molecule has 0 N–H and O–H groups in total. The minimum absolute atomic E-state index is 0.0275. The number of carbonyl (C=O) groups is 2. The highest BCUT2D eigenvalue weighted by molar-refractivity contribution is 6.29. The maximum Gasteiger partial charge on any atom is 0.333 e. The highest BCUT2D eigenvalue weighted by atomic mass is 35.5. The molecular weight excluding hydrogens is 418 g/mol. The quantitative estimate of drug-likeness (QED) is 0.511. The first-order valence-electron chi connectivity index (χ1n) is 9.60. The normalized spacial score (nSPS) is 24.0. The number of methoxy groups -OCH3 is 1. The lowest BCUT2D eigenvalue weighted by atomic mass is 9.96. The number of ether oxygens (including phenoxy) is 1. The standard InChI is InChI=1S/C20H21ClF2N4O3/c1-11-13(3-4-16(21)25-11)14-8-20(14)5-6-26(18(20)29)15(17(28)30-2)7-12-9-24-27(10-12)19(22)23/h3-4,9-10,14-15,19H,5-8H2,1-2H3/t14-,15-,20+/m1/s1. The Labute approximate surface area is 177 Å². The summed E-state index contributed by atoms with van der Waals surface area (Å²) in [4.78, 5) is 31.6. The number of pyridine rings is 1. The summed E-state index contributed by atoms with van der Waals surface area (Å²) >= 11 is 5.94. The highest BCUT2D eigenvalue weighted by Gasteiger charge is 2.65. The van der Waals surface area contributed by atoms with Gasteiger partial charge >= 0.3 is 12.5 Å². The molecule has 1 spiro atoms. The van der Waals surface area contributed by atoms with Gasteiger partial charge < -0.3 is 9.64 Å². The predicted octanol–water partition coefficient (Wildman–Crippen LogP) is 3.13. The van der Waals surface area contributed by atoms with E-state index in [-0.39, 0.29) is 18.2 Å². The fourth-order valence-electron chi connectivity index (χ4n) is 4.52. The van der Waals surface area contributed by atoms with Crippen molar-refractivity contribution >= 4 is 23.5 Å². The molecule has 2 aromatic rings. The summed E-state index contributed by atoms with van der Waals surface area (Å²) in [5, 5.41) is 4.01. The molecule has 7 nitrogen and oxygen atoms in total. The molecule has 2 fully saturated rings. The van der Waals surface area contributed by atoms with Crippen LogP contribution in [0.2, 0.25) is 5.15 Å². The van der Waals surface area contributed by atoms with Crippen molar-refractivity contribution in [3.8, 4) is 0 Å². The Kier molecular flexibility index (Phi) is 5.25. The number of carbonyl (C=O) groups excluding carboxylic acids is 2. The Morgan fingerprint density at radius 1 is 1.43 bits per heavy atom. The number of aryl methyl sites for hydroxylation is 1. The van der Waals surface area contributed by atoms with Crippen LogP contribution in [-0.4, -0.2) is 51.2 Å². The van der Waals surface area contributed by atoms with Crippen molar-refractivity contribution in [3.63, 3.8) is 0 Å². The summed E-state index contributed by atoms with van der Waals surface area (Å²) in [6.07, 6.45) is 3.82. The van der Waals surface area contributed by atoms with Gasteiger partial charge in [-0.1, -0.05) is 17.7 Å². The molecule has 1 saturated carbocycles. The Hall–Kier alpha value is -2.55. The fraction of sp³-hybridized carbons (Fsp3) is 0.500. The van der Waals surface area contributed by atoms with Gasteiger partial charge in [0.05, 0.1) is 18.7 Å². The minimum Gasteiger partial charge on any atom is -0.467 e. The molecule has 1 aliphatic heterocycles. The molecule has 3 heterocycles. The van der Waals surface area contributed by atoms with Gasteiger partial charge in [-0.25, -0.2) is 14.5 Å². The molecule has 160 valence electrons. The maximum atomic E-state index is 13.3. The molecule has 1 amide bonds. The summed E-state index contributed by atoms with van der Waals surface area (Å²) < 4.78 is 31.0. The van der Waals surface area contributed by atoms with Gasteiger partial charge in [-0.15, -0.1) is 0 Å². The van der Waals surface area contributed by atoms with Crippen molar-refractivity contribution < 1.29 is 23.1 Å². The third-order valence-electron chi connectivity index (χ3n) is 6.16. The zero-order chi connectivity index (χ0) is 21.6. The summed E-state index contributed by atoms with van der Waals surface area (Å²) in [6.45, 7) is -0.504. The molecule has 2 aliphatic rings. The Morgan fingerprint density at radius 2 is 2.20 bits per heavy atom. The number of esters is 1. The molecule has 1 aliphatic carbocycles. The second-order valence-corrected chi connectivity index (χ2v) is 8.21. The average Bonchev–Trinajstić information content (AvgIpc) is 3.06. The molecule has 1 saturated heterocycles. The van der Waals surface area contributed by atoms with Gasteiger partial charge in [0.1, 0.15) is 11.2 Å². The molecule has 0 bridgehead atoms. The molecule has 0 aromatic carbocycles. The lowest BCUT2D eigenvalue weighted by Crippen LogP contribution is -2.45. The molecule has 0 radical (unpaired) electrons. The predicted molar refractivity (Wildman–Crippen MR) is 103 cm³/mol. The number of rotatable bonds is 6. The number of aromatic nitrogens is 3. The Bertz CT molecular complexity index is 998. The number of amides is 1. The molecular formula is C20H21ClF2N4O3. The number of hydrogen-bond acceptors (Lipinski definition) is 5. The molecule has 2 aromatic heterocycles. The fourth-order valence-corrected chi connectivity index (χ4v) is 4.71. The van der Waals surface area contributed by atoms with Gasteiger partial charge in [0.15, 0.2) is 0 Å². The van der Waals surface area contributed by atoms with Gasteiger partial charge in [0.25, 0.3) is 0 Å². The van der Waals surface area contributed by atoms with E-state index in [2.05, 4.69) is 10.1 Å². The molecule has 4 rings (SSSR count). The van der Waals surface area contributed by atoms with E-state index in [0.29, 0.717) is 34.8 Å². The number of nitrogens with zero attached hydrogens (tertiary/aromatic N) is 4. The zero-order valence-corrected chi connectivity index (χ0v) is 17.3. The second-order valence-electron chi connectivity index (χ2n) is 7.82. The van der Waals surface area contributed by atoms with Crippen LogP contribution in [0.4, 0.5) is 8.78 Å². The number of halogens is 3. The smallest absolute Gasteiger partial charge is 0.333 e. The van der Waals surface area contributed by atoms with Crippen LogP contribution in [0.25, 0.3) is 0 Å². The topological polar surface area (TPSA) is 77.3 Å². The Morgan fingerprint density at radius 3 is 2.83 bits per heavy atom. The van der Waals surface area contributed by atoms with E-state index in [0.717, 1.165) is 11.3 Å². The van der Waals surface area contributed by atoms with Crippen molar-refractivity contribution in [1.82, 2.24) is 19.7 Å². The average molecular weight is 439 g/mol. The molecule has 3 atom stereocenters. The monoisotopic (exact) mass is 438 g/mol. The van der Waals surface area contributed by atoms with Crippen LogP contribution in [0.15, 0.2) is 24.5 Å². The number of likely N-dealkylation sites (tertiary alicyclic amines) is 1. The van der Waals surface area contributed by atoms with Gasteiger partial charge in [-0.3, -0.25) is 4.79 Å². The molecule has 30 heavy (non-hydrogen) atoms. The zero-order valence-electron chi connectivity index (χ0n) is 16.5. The summed E-state index contributed by atoms with van der Waals surface area (Å²) in [6, 6.07) is 2.73. The number of alkyl halides is 2. The van der Waals surface area contributed by atoms with Crippen LogP contribution < -0.4 is 0 Å². The maximum absolute atomic E-state index is 13.3. The van der Waals surface area contributed by atoms with E-state index in [1.165, 1.54) is 24.4 Å². The Balaban J connectivity index is 1.55. The first-order valence-corrected chi connectivity index (χ1v) is 9.98. The van der Waals surface area contributed by atoms with Crippen LogP contribution in [0, 0.1) is 12.3 Å². The van der Waals surface area contributed by atoms with Crippen molar-refractivity contribution in [3.05, 3.63) is 46.5 Å². The largest absolute Gasteiger partial charge is 0.467 e. The van der Waals surface area contributed by atoms with Crippen LogP contribution >= 0.6 is 11.6 Å². The van der Waals surface area contributed by atoms with E-state index in [1.54, 1.807) is 6.07 Å². The van der Waals surface area contributed by atoms with Crippen molar-refractivity contribution in [2.24, 2.45) is 5.41 Å². The van der Waals surface area contributed by atoms with Crippen molar-refractivity contribution in [2.75, 3.05) is 13.7 Å². The third kappa shape index (κ3) is 3.45. The SMILES string of the molecule is COC(=O)[C@@H](Cc1cnn(C(F)F)c1)N1CC[C@@]2(C[C@@H]2c2ccc(Cl)nc2C)C1=O. The van der Waals surface area contributed by atoms with E-state index in [9.17, 15) is 18.4 Å². The third-order valence-corrected chi connectivity index (χ3v) is 6.37. The summed E-state index contributed by atoms with van der Waals surface area (Å²) in [5.74, 6) is -0.662. The highest BCUT2D eigenvalue weighted by Crippen LogP contribution is 2.65. The number of hydrogen-bond donors (Lipinski definition) is 0. The van der Waals surface area contributed by atoms with Crippen molar-refractivity contribution in [2.45, 2.75) is 44.7 Å².